The van der Waals surface area contributed by atoms with Crippen molar-refractivity contribution >= 4 is 39.0 Å². The van der Waals surface area contributed by atoms with Gasteiger partial charge in [-0.15, -0.1) is 0 Å². The topological polar surface area (TPSA) is 16.4 Å². The minimum atomic E-state index is -0.0913. The van der Waals surface area contributed by atoms with E-state index in [1.807, 2.05) is 0 Å². The molecule has 0 saturated heterocycles. The van der Waals surface area contributed by atoms with Crippen molar-refractivity contribution in [2.45, 2.75) is 56.8 Å². The van der Waals surface area contributed by atoms with Crippen molar-refractivity contribution in [2.75, 3.05) is 4.90 Å². The quantitative estimate of drug-likeness (QED) is 0.188. The third-order valence-electron chi connectivity index (χ3n) is 14.2. The van der Waals surface area contributed by atoms with Crippen LogP contribution in [0.3, 0.4) is 0 Å². The van der Waals surface area contributed by atoms with Gasteiger partial charge in [-0.1, -0.05) is 105 Å². The van der Waals surface area contributed by atoms with E-state index in [9.17, 15) is 0 Å². The lowest BCUT2D eigenvalue weighted by Crippen LogP contribution is -2.55. The van der Waals surface area contributed by atoms with E-state index in [4.69, 9.17) is 4.42 Å². The first-order valence-corrected chi connectivity index (χ1v) is 19.2. The van der Waals surface area contributed by atoms with Gasteiger partial charge in [0, 0.05) is 27.5 Å². The molecule has 2 nitrogen and oxygen atoms in total. The number of hydrogen-bond donors (Lipinski definition) is 0. The summed E-state index contributed by atoms with van der Waals surface area (Å²) in [6.45, 7) is 4.78. The molecule has 0 aliphatic heterocycles. The predicted molar refractivity (Wildman–Crippen MR) is 209 cm³/mol. The normalized spacial score (nSPS) is 25.7. The number of hydrogen-bond acceptors (Lipinski definition) is 2. The average Bonchev–Trinajstić information content (AvgIpc) is 3.75. The Balaban J connectivity index is 1.16. The van der Waals surface area contributed by atoms with Crippen molar-refractivity contribution < 1.29 is 4.42 Å². The molecule has 51 heavy (non-hydrogen) atoms. The van der Waals surface area contributed by atoms with Gasteiger partial charge in [0.25, 0.3) is 0 Å². The number of benzene rings is 6. The Kier molecular flexibility index (Phi) is 5.51. The van der Waals surface area contributed by atoms with Gasteiger partial charge in [0.1, 0.15) is 11.2 Å². The van der Waals surface area contributed by atoms with Crippen LogP contribution in [0.25, 0.3) is 44.2 Å². The summed E-state index contributed by atoms with van der Waals surface area (Å²) in [5.41, 5.74) is 17.1. The second kappa shape index (κ2) is 9.82. The Morgan fingerprint density at radius 1 is 0.529 bits per heavy atom. The summed E-state index contributed by atoms with van der Waals surface area (Å²) < 4.78 is 6.54. The minimum absolute atomic E-state index is 0.0913. The van der Waals surface area contributed by atoms with Gasteiger partial charge in [-0.25, -0.2) is 0 Å². The van der Waals surface area contributed by atoms with Gasteiger partial charge in [0.05, 0.1) is 16.8 Å². The van der Waals surface area contributed by atoms with E-state index < -0.39 is 0 Å². The van der Waals surface area contributed by atoms with Crippen LogP contribution in [0.1, 0.15) is 68.2 Å². The van der Waals surface area contributed by atoms with Crippen LogP contribution in [0.15, 0.2) is 132 Å². The number of furan rings is 1. The first-order chi connectivity index (χ1) is 25.0. The van der Waals surface area contributed by atoms with Crippen molar-refractivity contribution in [2.24, 2.45) is 23.7 Å². The number of rotatable bonds is 3. The Bertz CT molecular complexity index is 2570. The number of nitrogens with zero attached hydrogens (tertiary/aromatic N) is 1. The van der Waals surface area contributed by atoms with Crippen LogP contribution in [-0.4, -0.2) is 0 Å². The molecule has 0 radical (unpaired) electrons. The lowest BCUT2D eigenvalue weighted by molar-refractivity contribution is -0.0399. The van der Waals surface area contributed by atoms with Crippen LogP contribution in [0.5, 0.6) is 0 Å². The van der Waals surface area contributed by atoms with Crippen molar-refractivity contribution in [1.29, 1.82) is 0 Å². The predicted octanol–water partition coefficient (Wildman–Crippen LogP) is 13.1. The van der Waals surface area contributed by atoms with E-state index in [1.165, 1.54) is 87.9 Å². The largest absolute Gasteiger partial charge is 0.456 e. The molecule has 7 aromatic rings. The molecule has 6 aliphatic carbocycles. The zero-order valence-corrected chi connectivity index (χ0v) is 29.3. The van der Waals surface area contributed by atoms with E-state index in [2.05, 4.69) is 146 Å². The fourth-order valence-corrected chi connectivity index (χ4v) is 12.6. The van der Waals surface area contributed by atoms with Gasteiger partial charge in [-0.05, 0) is 131 Å². The van der Waals surface area contributed by atoms with Crippen LogP contribution < -0.4 is 4.90 Å². The van der Waals surface area contributed by atoms with Crippen LogP contribution in [0.2, 0.25) is 0 Å². The van der Waals surface area contributed by atoms with Crippen LogP contribution in [0.4, 0.5) is 17.1 Å². The molecule has 2 heteroatoms. The van der Waals surface area contributed by atoms with E-state index in [-0.39, 0.29) is 10.8 Å². The number of anilines is 3. The molecule has 4 saturated carbocycles. The molecule has 0 unspecified atom stereocenters. The summed E-state index contributed by atoms with van der Waals surface area (Å²) >= 11 is 0. The molecule has 0 atom stereocenters. The SMILES string of the molecule is CC1(C)c2ccccc2-c2c(N(c3ccc4c(c3)C3(c5ccccc5-4)C4CC5CC(C4)CC3C5)c3cccc4oc5ccccc5c34)cccc21. The summed E-state index contributed by atoms with van der Waals surface area (Å²) in [5, 5.41) is 2.33. The molecular weight excluding hydrogens is 619 g/mol. The molecule has 6 aliphatic rings. The summed E-state index contributed by atoms with van der Waals surface area (Å²) in [5.74, 6) is 3.26. The maximum Gasteiger partial charge on any atom is 0.137 e. The van der Waals surface area contributed by atoms with Gasteiger partial charge < -0.3 is 9.32 Å². The maximum absolute atomic E-state index is 6.54. The molecule has 0 N–H and O–H groups in total. The Morgan fingerprint density at radius 2 is 1.16 bits per heavy atom. The van der Waals surface area contributed by atoms with Crippen LogP contribution in [0, 0.1) is 23.7 Å². The Hall–Kier alpha value is -5.08. The fraction of sp³-hybridized carbons (Fsp3) is 0.265. The van der Waals surface area contributed by atoms with Crippen molar-refractivity contribution in [1.82, 2.24) is 0 Å². The number of fused-ring (bicyclic) bond motifs is 9. The summed E-state index contributed by atoms with van der Waals surface area (Å²) in [6, 6.07) is 48.2. The van der Waals surface area contributed by atoms with Gasteiger partial charge in [-0.3, -0.25) is 0 Å². The highest BCUT2D eigenvalue weighted by Crippen LogP contribution is 2.70. The lowest BCUT2D eigenvalue weighted by atomic mass is 9.43. The van der Waals surface area contributed by atoms with E-state index in [0.717, 1.165) is 40.2 Å². The van der Waals surface area contributed by atoms with Gasteiger partial charge in [0.2, 0.25) is 0 Å². The zero-order chi connectivity index (χ0) is 33.6. The maximum atomic E-state index is 6.54. The second-order valence-corrected chi connectivity index (χ2v) is 16.9. The summed E-state index contributed by atoms with van der Waals surface area (Å²) in [7, 11) is 0. The minimum Gasteiger partial charge on any atom is -0.456 e. The molecule has 4 bridgehead atoms. The molecule has 0 amide bonds. The Morgan fingerprint density at radius 3 is 1.98 bits per heavy atom. The Labute approximate surface area is 299 Å². The molecular formula is C49H41NO. The summed E-state index contributed by atoms with van der Waals surface area (Å²) in [4.78, 5) is 2.59. The second-order valence-electron chi connectivity index (χ2n) is 16.9. The van der Waals surface area contributed by atoms with Crippen molar-refractivity contribution in [3.05, 3.63) is 150 Å². The molecule has 1 aromatic heterocycles. The highest BCUT2D eigenvalue weighted by Gasteiger charge is 2.61. The highest BCUT2D eigenvalue weighted by molar-refractivity contribution is 6.14. The van der Waals surface area contributed by atoms with Crippen LogP contribution in [-0.2, 0) is 10.8 Å². The van der Waals surface area contributed by atoms with E-state index in [0.29, 0.717) is 0 Å². The molecule has 13 rings (SSSR count). The fourth-order valence-electron chi connectivity index (χ4n) is 12.6. The first kappa shape index (κ1) is 28.6. The van der Waals surface area contributed by atoms with Crippen LogP contribution >= 0.6 is 0 Å². The average molecular weight is 660 g/mol. The van der Waals surface area contributed by atoms with Gasteiger partial charge in [-0.2, -0.15) is 0 Å². The molecule has 1 spiro atoms. The summed E-state index contributed by atoms with van der Waals surface area (Å²) in [6.07, 6.45) is 6.99. The van der Waals surface area contributed by atoms with E-state index >= 15 is 0 Å². The van der Waals surface area contributed by atoms with E-state index in [1.54, 1.807) is 11.1 Å². The van der Waals surface area contributed by atoms with Gasteiger partial charge in [0.15, 0.2) is 0 Å². The highest BCUT2D eigenvalue weighted by atomic mass is 16.3. The third kappa shape index (κ3) is 3.54. The smallest absolute Gasteiger partial charge is 0.137 e. The first-order valence-electron chi connectivity index (χ1n) is 19.2. The standard InChI is InChI=1S/C49H41NO/c1-48(2)38-14-6-4-12-36(38)46-40(48)16-9-17-42(46)50(43-18-10-20-45-47(43)37-13-5-8-19-44(37)51-45)33-21-22-35-34-11-3-7-15-39(34)49(41(35)28-33)31-24-29-23-30(26-31)27-32(49)25-29/h3-22,28-32H,23-27H2,1-2H3. The molecule has 248 valence electrons. The van der Waals surface area contributed by atoms with Crippen molar-refractivity contribution in [3.63, 3.8) is 0 Å². The lowest BCUT2D eigenvalue weighted by Gasteiger charge is -2.61. The van der Waals surface area contributed by atoms with Crippen molar-refractivity contribution in [3.8, 4) is 22.3 Å². The molecule has 1 heterocycles. The third-order valence-corrected chi connectivity index (χ3v) is 14.2. The number of para-hydroxylation sites is 1. The van der Waals surface area contributed by atoms with Gasteiger partial charge >= 0.3 is 0 Å². The zero-order valence-electron chi connectivity index (χ0n) is 29.3. The molecule has 4 fully saturated rings. The molecule has 6 aromatic carbocycles. The monoisotopic (exact) mass is 659 g/mol.